The van der Waals surface area contributed by atoms with Crippen LogP contribution in [0.3, 0.4) is 0 Å². The van der Waals surface area contributed by atoms with E-state index < -0.39 is 17.9 Å². The SMILES string of the molecule is COC[C@@]12O[C@@H](n3cnc4c(N)ccnc43)C(C1OC)N(C)C2=O. The van der Waals surface area contributed by atoms with Gasteiger partial charge in [0.25, 0.3) is 5.91 Å². The van der Waals surface area contributed by atoms with Crippen molar-refractivity contribution in [2.45, 2.75) is 24.0 Å². The van der Waals surface area contributed by atoms with E-state index in [9.17, 15) is 4.79 Å². The number of likely N-dealkylation sites (tertiary alicyclic amines) is 1. The fourth-order valence-corrected chi connectivity index (χ4v) is 3.86. The van der Waals surface area contributed by atoms with E-state index in [0.29, 0.717) is 16.9 Å². The molecule has 2 aliphatic rings. The van der Waals surface area contributed by atoms with Gasteiger partial charge in [0.1, 0.15) is 17.7 Å². The number of carbonyl (C=O) groups is 1. The molecule has 0 aromatic carbocycles. The van der Waals surface area contributed by atoms with Gasteiger partial charge < -0.3 is 24.8 Å². The maximum Gasteiger partial charge on any atom is 0.260 e. The van der Waals surface area contributed by atoms with Gasteiger partial charge in [-0.2, -0.15) is 0 Å². The molecule has 0 radical (unpaired) electrons. The second-order valence-corrected chi connectivity index (χ2v) is 6.12. The van der Waals surface area contributed by atoms with Crippen molar-refractivity contribution in [1.82, 2.24) is 19.4 Å². The molecule has 0 saturated carbocycles. The van der Waals surface area contributed by atoms with Crippen LogP contribution in [-0.2, 0) is 19.0 Å². The highest BCUT2D eigenvalue weighted by Gasteiger charge is 2.69. The first-order valence-electron chi connectivity index (χ1n) is 7.59. The van der Waals surface area contributed by atoms with Gasteiger partial charge in [-0.1, -0.05) is 0 Å². The van der Waals surface area contributed by atoms with Crippen molar-refractivity contribution in [3.8, 4) is 0 Å². The predicted molar refractivity (Wildman–Crippen MR) is 84.0 cm³/mol. The minimum absolute atomic E-state index is 0.115. The first kappa shape index (κ1) is 15.3. The molecule has 24 heavy (non-hydrogen) atoms. The number of methoxy groups -OCH3 is 2. The molecule has 0 aliphatic carbocycles. The molecular formula is C15H19N5O4. The van der Waals surface area contributed by atoms with Crippen molar-refractivity contribution in [3.05, 3.63) is 18.6 Å². The van der Waals surface area contributed by atoms with E-state index in [2.05, 4.69) is 9.97 Å². The summed E-state index contributed by atoms with van der Waals surface area (Å²) in [4.78, 5) is 23.0. The van der Waals surface area contributed by atoms with E-state index in [1.54, 1.807) is 42.2 Å². The molecule has 4 atom stereocenters. The zero-order chi connectivity index (χ0) is 17.1. The maximum absolute atomic E-state index is 12.7. The lowest BCUT2D eigenvalue weighted by Crippen LogP contribution is -2.52. The number of anilines is 1. The summed E-state index contributed by atoms with van der Waals surface area (Å²) in [5, 5.41) is 0. The van der Waals surface area contributed by atoms with Gasteiger partial charge in [0, 0.05) is 27.5 Å². The lowest BCUT2D eigenvalue weighted by Gasteiger charge is -2.34. The molecule has 2 bridgehead atoms. The Morgan fingerprint density at radius 2 is 2.21 bits per heavy atom. The van der Waals surface area contributed by atoms with Gasteiger partial charge in [0.2, 0.25) is 0 Å². The van der Waals surface area contributed by atoms with E-state index in [-0.39, 0.29) is 18.6 Å². The number of pyridine rings is 1. The number of fused-ring (bicyclic) bond motifs is 3. The molecule has 2 saturated heterocycles. The minimum Gasteiger partial charge on any atom is -0.397 e. The van der Waals surface area contributed by atoms with Crippen LogP contribution in [0.5, 0.6) is 0 Å². The van der Waals surface area contributed by atoms with Crippen molar-refractivity contribution in [2.75, 3.05) is 33.6 Å². The van der Waals surface area contributed by atoms with Crippen molar-refractivity contribution in [1.29, 1.82) is 0 Å². The molecule has 2 N–H and O–H groups in total. The number of morpholine rings is 1. The quantitative estimate of drug-likeness (QED) is 0.825. The third kappa shape index (κ3) is 1.71. The summed E-state index contributed by atoms with van der Waals surface area (Å²) in [6.07, 6.45) is 2.33. The summed E-state index contributed by atoms with van der Waals surface area (Å²) in [5.41, 5.74) is 6.55. The summed E-state index contributed by atoms with van der Waals surface area (Å²) in [6, 6.07) is 1.39. The third-order valence-electron chi connectivity index (χ3n) is 4.90. The number of imidazole rings is 1. The van der Waals surface area contributed by atoms with E-state index in [1.165, 1.54) is 7.11 Å². The Hall–Kier alpha value is -2.23. The number of ether oxygens (including phenoxy) is 3. The van der Waals surface area contributed by atoms with Crippen LogP contribution < -0.4 is 5.73 Å². The Bertz CT molecular complexity index is 808. The highest BCUT2D eigenvalue weighted by Crippen LogP contribution is 2.48. The van der Waals surface area contributed by atoms with E-state index >= 15 is 0 Å². The number of aromatic nitrogens is 3. The zero-order valence-corrected chi connectivity index (χ0v) is 13.7. The number of hydrogen-bond donors (Lipinski definition) is 1. The van der Waals surface area contributed by atoms with Crippen LogP contribution >= 0.6 is 0 Å². The minimum atomic E-state index is -1.16. The van der Waals surface area contributed by atoms with Crippen LogP contribution in [0.2, 0.25) is 0 Å². The smallest absolute Gasteiger partial charge is 0.260 e. The second-order valence-electron chi connectivity index (χ2n) is 6.12. The maximum atomic E-state index is 12.7. The molecule has 128 valence electrons. The van der Waals surface area contributed by atoms with Crippen LogP contribution in [0.1, 0.15) is 6.23 Å². The molecule has 4 rings (SSSR count). The lowest BCUT2D eigenvalue weighted by atomic mass is 9.99. The van der Waals surface area contributed by atoms with Crippen LogP contribution in [0.4, 0.5) is 5.69 Å². The average Bonchev–Trinajstić information content (AvgIpc) is 3.18. The highest BCUT2D eigenvalue weighted by molar-refractivity contribution is 5.90. The van der Waals surface area contributed by atoms with Gasteiger partial charge >= 0.3 is 0 Å². The first-order chi connectivity index (χ1) is 11.5. The number of nitrogens with two attached hydrogens (primary N) is 1. The third-order valence-corrected chi connectivity index (χ3v) is 4.90. The Morgan fingerprint density at radius 3 is 2.92 bits per heavy atom. The van der Waals surface area contributed by atoms with Gasteiger partial charge in [-0.05, 0) is 6.07 Å². The predicted octanol–water partition coefficient (Wildman–Crippen LogP) is -0.217. The topological polar surface area (TPSA) is 105 Å². The molecule has 4 heterocycles. The molecule has 1 amide bonds. The van der Waals surface area contributed by atoms with Crippen molar-refractivity contribution in [3.63, 3.8) is 0 Å². The molecule has 2 unspecified atom stereocenters. The second kappa shape index (κ2) is 5.13. The Labute approximate surface area is 138 Å². The monoisotopic (exact) mass is 333 g/mol. The van der Waals surface area contributed by atoms with E-state index in [1.807, 2.05) is 0 Å². The number of amides is 1. The highest BCUT2D eigenvalue weighted by atomic mass is 16.6. The summed E-state index contributed by atoms with van der Waals surface area (Å²) in [7, 11) is 4.85. The molecule has 0 spiro atoms. The Kier molecular flexibility index (Phi) is 3.27. The fourth-order valence-electron chi connectivity index (χ4n) is 3.86. The average molecular weight is 333 g/mol. The lowest BCUT2D eigenvalue weighted by molar-refractivity contribution is -0.184. The number of rotatable bonds is 4. The summed E-state index contributed by atoms with van der Waals surface area (Å²) in [6.45, 7) is 0.115. The van der Waals surface area contributed by atoms with Gasteiger partial charge in [-0.3, -0.25) is 9.36 Å². The number of hydrogen-bond acceptors (Lipinski definition) is 7. The molecule has 2 aliphatic heterocycles. The van der Waals surface area contributed by atoms with E-state index in [4.69, 9.17) is 19.9 Å². The zero-order valence-electron chi connectivity index (χ0n) is 13.7. The summed E-state index contributed by atoms with van der Waals surface area (Å²) < 4.78 is 18.8. The number of carbonyl (C=O) groups excluding carboxylic acids is 1. The van der Waals surface area contributed by atoms with Crippen molar-refractivity contribution >= 4 is 22.8 Å². The van der Waals surface area contributed by atoms with Crippen LogP contribution in [0.15, 0.2) is 18.6 Å². The van der Waals surface area contributed by atoms with Crippen LogP contribution in [0.25, 0.3) is 11.2 Å². The summed E-state index contributed by atoms with van der Waals surface area (Å²) in [5.74, 6) is -0.144. The molecule has 2 aromatic rings. The largest absolute Gasteiger partial charge is 0.397 e. The van der Waals surface area contributed by atoms with Gasteiger partial charge in [-0.15, -0.1) is 0 Å². The molecule has 9 nitrogen and oxygen atoms in total. The number of nitrogens with zero attached hydrogens (tertiary/aromatic N) is 4. The van der Waals surface area contributed by atoms with Crippen LogP contribution in [0, 0.1) is 0 Å². The molecule has 9 heteroatoms. The number of likely N-dealkylation sites (N-methyl/N-ethyl adjacent to an activating group) is 1. The number of nitrogen functional groups attached to an aromatic ring is 1. The molecule has 2 fully saturated rings. The van der Waals surface area contributed by atoms with E-state index in [0.717, 1.165) is 0 Å². The van der Waals surface area contributed by atoms with Gasteiger partial charge in [0.15, 0.2) is 17.5 Å². The fraction of sp³-hybridized carbons (Fsp3) is 0.533. The van der Waals surface area contributed by atoms with Crippen molar-refractivity contribution < 1.29 is 19.0 Å². The van der Waals surface area contributed by atoms with Crippen molar-refractivity contribution in [2.24, 2.45) is 0 Å². The first-order valence-corrected chi connectivity index (χ1v) is 7.59. The Morgan fingerprint density at radius 1 is 1.42 bits per heavy atom. The standard InChI is InChI=1S/C15H19N5O4/c1-19-10-11(23-3)15(6-22-2,14(19)21)24-13(10)20-7-18-9-8(16)4-5-17-12(9)20/h4-5,7,10-11,13H,6H2,1-3H3,(H2,16,17)/t10?,11?,13-,15-/m1/s1. The van der Waals surface area contributed by atoms with Crippen LogP contribution in [-0.4, -0.2) is 71.0 Å². The molecular weight excluding hydrogens is 314 g/mol. The van der Waals surface area contributed by atoms with Gasteiger partial charge in [-0.25, -0.2) is 9.97 Å². The van der Waals surface area contributed by atoms with Gasteiger partial charge in [0.05, 0.1) is 18.6 Å². The Balaban J connectivity index is 1.83. The molecule has 2 aromatic heterocycles. The normalized spacial score (nSPS) is 32.2. The summed E-state index contributed by atoms with van der Waals surface area (Å²) >= 11 is 0.